The van der Waals surface area contributed by atoms with Gasteiger partial charge >= 0.3 is 5.97 Å². The first kappa shape index (κ1) is 21.2. The van der Waals surface area contributed by atoms with E-state index < -0.39 is 44.0 Å². The monoisotopic (exact) mass is 361 g/mol. The molecule has 0 bridgehead atoms. The summed E-state index contributed by atoms with van der Waals surface area (Å²) in [4.78, 5) is 11.9. The van der Waals surface area contributed by atoms with Gasteiger partial charge in [-0.2, -0.15) is 16.8 Å². The fraction of sp³-hybridized carbons (Fsp3) is 0.909. The Labute approximate surface area is 131 Å². The second-order valence-corrected chi connectivity index (χ2v) is 8.96. The van der Waals surface area contributed by atoms with Crippen molar-refractivity contribution in [3.63, 3.8) is 0 Å². The van der Waals surface area contributed by atoms with Gasteiger partial charge in [0.15, 0.2) is 0 Å². The Kier molecular flexibility index (Phi) is 7.42. The third kappa shape index (κ3) is 10.9. The molecule has 2 unspecified atom stereocenters. The zero-order valence-electron chi connectivity index (χ0n) is 13.2. The van der Waals surface area contributed by atoms with Crippen LogP contribution in [0.4, 0.5) is 0 Å². The molecule has 0 aliphatic heterocycles. The summed E-state index contributed by atoms with van der Waals surface area (Å²) < 4.78 is 58.5. The molecule has 0 saturated heterocycles. The minimum absolute atomic E-state index is 0.222. The first-order valence-electron chi connectivity index (χ1n) is 6.32. The minimum Gasteiger partial charge on any atom is -0.459 e. The first-order valence-corrected chi connectivity index (χ1v) is 9.95. The van der Waals surface area contributed by atoms with Gasteiger partial charge in [-0.15, -0.1) is 0 Å². The van der Waals surface area contributed by atoms with Crippen molar-refractivity contribution in [2.24, 2.45) is 5.73 Å². The van der Waals surface area contributed by atoms with E-state index in [1.54, 1.807) is 20.8 Å². The van der Waals surface area contributed by atoms with Gasteiger partial charge in [0.25, 0.3) is 20.2 Å². The lowest BCUT2D eigenvalue weighted by Crippen LogP contribution is -2.47. The second-order valence-electron chi connectivity index (χ2n) is 5.71. The van der Waals surface area contributed by atoms with Crippen molar-refractivity contribution >= 4 is 26.2 Å². The van der Waals surface area contributed by atoms with Crippen molar-refractivity contribution < 1.29 is 34.7 Å². The lowest BCUT2D eigenvalue weighted by molar-refractivity contribution is -0.158. The Hall–Kier alpha value is -0.750. The summed E-state index contributed by atoms with van der Waals surface area (Å²) >= 11 is 0. The van der Waals surface area contributed by atoms with Crippen LogP contribution < -0.4 is 5.73 Å². The summed E-state index contributed by atoms with van der Waals surface area (Å²) in [6.45, 7) is 4.49. The molecule has 0 aliphatic rings. The molecule has 0 radical (unpaired) electrons. The van der Waals surface area contributed by atoms with Crippen LogP contribution in [0.3, 0.4) is 0 Å². The van der Waals surface area contributed by atoms with Crippen molar-refractivity contribution in [3.05, 3.63) is 0 Å². The summed E-state index contributed by atoms with van der Waals surface area (Å²) in [5, 5.41) is 0. The molecule has 0 aromatic carbocycles. The van der Waals surface area contributed by atoms with Crippen LogP contribution in [0, 0.1) is 0 Å². The van der Waals surface area contributed by atoms with E-state index in [0.717, 1.165) is 12.5 Å². The summed E-state index contributed by atoms with van der Waals surface area (Å²) in [5.41, 5.74) is 4.84. The normalized spacial score (nSPS) is 16.1. The Morgan fingerprint density at radius 3 is 1.95 bits per heavy atom. The zero-order chi connectivity index (χ0) is 17.8. The van der Waals surface area contributed by atoms with Gasteiger partial charge in [-0.3, -0.25) is 13.2 Å². The SMILES string of the molecule is CC(C)(C)OC(=O)C(N)C(CCOS(C)(=O)=O)OS(C)(=O)=O. The van der Waals surface area contributed by atoms with Crippen molar-refractivity contribution in [2.75, 3.05) is 19.1 Å². The molecule has 0 rings (SSSR count). The first-order chi connectivity index (χ1) is 9.61. The summed E-state index contributed by atoms with van der Waals surface area (Å²) in [6.07, 6.45) is 0.110. The molecule has 0 saturated carbocycles. The predicted molar refractivity (Wildman–Crippen MR) is 79.0 cm³/mol. The highest BCUT2D eigenvalue weighted by Crippen LogP contribution is 2.13. The van der Waals surface area contributed by atoms with E-state index >= 15 is 0 Å². The number of esters is 1. The molecular formula is C11H23NO8S2. The Bertz CT molecular complexity index is 576. The third-order valence-corrected chi connectivity index (χ3v) is 3.27. The maximum absolute atomic E-state index is 11.9. The minimum atomic E-state index is -3.90. The van der Waals surface area contributed by atoms with Gasteiger partial charge in [-0.25, -0.2) is 0 Å². The van der Waals surface area contributed by atoms with Crippen LogP contribution >= 0.6 is 0 Å². The van der Waals surface area contributed by atoms with Gasteiger partial charge < -0.3 is 10.5 Å². The van der Waals surface area contributed by atoms with Crippen molar-refractivity contribution in [2.45, 2.75) is 44.9 Å². The lowest BCUT2D eigenvalue weighted by atomic mass is 10.1. The molecule has 11 heteroatoms. The van der Waals surface area contributed by atoms with E-state index in [0.29, 0.717) is 0 Å². The lowest BCUT2D eigenvalue weighted by Gasteiger charge is -2.26. The molecule has 0 aromatic rings. The standard InChI is InChI=1S/C11H23NO8S2/c1-11(2,3)19-10(13)9(12)8(20-22(5,16)17)6-7-18-21(4,14)15/h8-9H,6-7,12H2,1-5H3. The van der Waals surface area contributed by atoms with E-state index in [-0.39, 0.29) is 13.0 Å². The maximum atomic E-state index is 11.9. The molecule has 0 aromatic heterocycles. The quantitative estimate of drug-likeness (QED) is 0.442. The van der Waals surface area contributed by atoms with Gasteiger partial charge in [-0.05, 0) is 20.8 Å². The maximum Gasteiger partial charge on any atom is 0.326 e. The second kappa shape index (κ2) is 7.68. The average Bonchev–Trinajstić information content (AvgIpc) is 2.20. The summed E-state index contributed by atoms with van der Waals surface area (Å²) in [5.74, 6) is -0.861. The summed E-state index contributed by atoms with van der Waals surface area (Å²) in [6, 6.07) is -1.41. The summed E-state index contributed by atoms with van der Waals surface area (Å²) in [7, 11) is -7.60. The Morgan fingerprint density at radius 2 is 1.59 bits per heavy atom. The zero-order valence-corrected chi connectivity index (χ0v) is 14.9. The smallest absolute Gasteiger partial charge is 0.326 e. The highest BCUT2D eigenvalue weighted by atomic mass is 32.2. The molecule has 0 heterocycles. The van der Waals surface area contributed by atoms with Gasteiger partial charge in [0, 0.05) is 6.42 Å². The molecule has 0 aliphatic carbocycles. The average molecular weight is 361 g/mol. The molecular weight excluding hydrogens is 338 g/mol. The number of hydrogen-bond donors (Lipinski definition) is 1. The van der Waals surface area contributed by atoms with Gasteiger partial charge in [0.05, 0.1) is 19.1 Å². The van der Waals surface area contributed by atoms with Crippen LogP contribution in [0.25, 0.3) is 0 Å². The number of carbonyl (C=O) groups excluding carboxylic acids is 1. The highest BCUT2D eigenvalue weighted by Gasteiger charge is 2.32. The number of hydrogen-bond acceptors (Lipinski definition) is 9. The van der Waals surface area contributed by atoms with Gasteiger partial charge in [-0.1, -0.05) is 0 Å². The third-order valence-electron chi connectivity index (χ3n) is 2.08. The van der Waals surface area contributed by atoms with Crippen LogP contribution in [0.15, 0.2) is 0 Å². The molecule has 0 fully saturated rings. The number of ether oxygens (including phenoxy) is 1. The molecule has 2 N–H and O–H groups in total. The van der Waals surface area contributed by atoms with Crippen LogP contribution in [0.1, 0.15) is 27.2 Å². The van der Waals surface area contributed by atoms with Crippen molar-refractivity contribution in [1.82, 2.24) is 0 Å². The van der Waals surface area contributed by atoms with Gasteiger partial charge in [0.2, 0.25) is 0 Å². The van der Waals surface area contributed by atoms with Gasteiger partial charge in [0.1, 0.15) is 17.7 Å². The number of carbonyl (C=O) groups is 1. The van der Waals surface area contributed by atoms with Crippen LogP contribution in [-0.2, 0) is 38.1 Å². The van der Waals surface area contributed by atoms with Crippen molar-refractivity contribution in [3.8, 4) is 0 Å². The number of rotatable bonds is 8. The topological polar surface area (TPSA) is 139 Å². The fourth-order valence-electron chi connectivity index (χ4n) is 1.35. The largest absolute Gasteiger partial charge is 0.459 e. The van der Waals surface area contributed by atoms with E-state index in [4.69, 9.17) is 14.7 Å². The van der Waals surface area contributed by atoms with E-state index in [1.165, 1.54) is 0 Å². The number of nitrogens with two attached hydrogens (primary N) is 1. The van der Waals surface area contributed by atoms with Crippen LogP contribution in [-0.4, -0.2) is 59.7 Å². The fourth-order valence-corrected chi connectivity index (χ4v) is 2.41. The van der Waals surface area contributed by atoms with E-state index in [2.05, 4.69) is 4.18 Å². The molecule has 0 amide bonds. The Balaban J connectivity index is 4.95. The molecule has 9 nitrogen and oxygen atoms in total. The molecule has 0 spiro atoms. The van der Waals surface area contributed by atoms with Crippen LogP contribution in [0.2, 0.25) is 0 Å². The molecule has 2 atom stereocenters. The van der Waals surface area contributed by atoms with Crippen LogP contribution in [0.5, 0.6) is 0 Å². The molecule has 22 heavy (non-hydrogen) atoms. The molecule has 132 valence electrons. The van der Waals surface area contributed by atoms with E-state index in [9.17, 15) is 21.6 Å². The highest BCUT2D eigenvalue weighted by molar-refractivity contribution is 7.86. The van der Waals surface area contributed by atoms with Crippen molar-refractivity contribution in [1.29, 1.82) is 0 Å². The van der Waals surface area contributed by atoms with E-state index in [1.807, 2.05) is 0 Å². The Morgan fingerprint density at radius 1 is 1.09 bits per heavy atom. The predicted octanol–water partition coefficient (Wildman–Crippen LogP) is -0.633.